The van der Waals surface area contributed by atoms with Gasteiger partial charge in [0.15, 0.2) is 0 Å². The molecule has 0 fully saturated rings. The van der Waals surface area contributed by atoms with Gasteiger partial charge in [0.2, 0.25) is 0 Å². The third-order valence-corrected chi connectivity index (χ3v) is 3.94. The molecule has 1 heterocycles. The molecule has 2 nitrogen and oxygen atoms in total. The molecule has 0 radical (unpaired) electrons. The Balaban J connectivity index is 2.18. The zero-order valence-electron chi connectivity index (χ0n) is 11.6. The molecule has 1 aromatic heterocycles. The molecule has 0 aliphatic heterocycles. The summed E-state index contributed by atoms with van der Waals surface area (Å²) < 4.78 is 1.01. The highest BCUT2D eigenvalue weighted by molar-refractivity contribution is 9.10. The lowest BCUT2D eigenvalue weighted by molar-refractivity contribution is 0.575. The van der Waals surface area contributed by atoms with E-state index in [0.717, 1.165) is 16.6 Å². The van der Waals surface area contributed by atoms with Crippen LogP contribution in [0.4, 0.5) is 0 Å². The Morgan fingerprint density at radius 3 is 2.53 bits per heavy atom. The molecule has 19 heavy (non-hydrogen) atoms. The van der Waals surface area contributed by atoms with Crippen LogP contribution in [0.1, 0.15) is 28.4 Å². The van der Waals surface area contributed by atoms with E-state index in [1.165, 1.54) is 16.7 Å². The average Bonchev–Trinajstić information content (AvgIpc) is 2.41. The fraction of sp³-hybridized carbons (Fsp3) is 0.312. The number of pyridine rings is 1. The van der Waals surface area contributed by atoms with Crippen LogP contribution in [0.2, 0.25) is 0 Å². The lowest BCUT2D eigenvalue weighted by Crippen LogP contribution is -2.20. The lowest BCUT2D eigenvalue weighted by Gasteiger charge is -2.16. The first-order valence-electron chi connectivity index (χ1n) is 6.45. The van der Waals surface area contributed by atoms with Gasteiger partial charge in [-0.1, -0.05) is 18.2 Å². The maximum absolute atomic E-state index is 4.48. The van der Waals surface area contributed by atoms with Gasteiger partial charge >= 0.3 is 0 Å². The van der Waals surface area contributed by atoms with Gasteiger partial charge in [0.1, 0.15) is 0 Å². The summed E-state index contributed by atoms with van der Waals surface area (Å²) in [4.78, 5) is 4.48. The second-order valence-electron chi connectivity index (χ2n) is 4.87. The molecule has 1 unspecified atom stereocenters. The van der Waals surface area contributed by atoms with Gasteiger partial charge in [0.25, 0.3) is 0 Å². The SMILES string of the molecule is CNC(Cc1ccc(C)c(C)c1)c1ccc(Br)cn1. The highest BCUT2D eigenvalue weighted by atomic mass is 79.9. The highest BCUT2D eigenvalue weighted by Crippen LogP contribution is 2.19. The minimum absolute atomic E-state index is 0.246. The van der Waals surface area contributed by atoms with Crippen LogP contribution in [0.15, 0.2) is 41.0 Å². The van der Waals surface area contributed by atoms with Crippen molar-refractivity contribution in [3.63, 3.8) is 0 Å². The van der Waals surface area contributed by atoms with Crippen molar-refractivity contribution < 1.29 is 0 Å². The summed E-state index contributed by atoms with van der Waals surface area (Å²) in [6, 6.07) is 11.0. The predicted octanol–water partition coefficient (Wildman–Crippen LogP) is 3.96. The summed E-state index contributed by atoms with van der Waals surface area (Å²) in [5.41, 5.74) is 5.10. The molecule has 0 spiro atoms. The van der Waals surface area contributed by atoms with Crippen molar-refractivity contribution in [1.82, 2.24) is 10.3 Å². The first kappa shape index (κ1) is 14.2. The Morgan fingerprint density at radius 1 is 1.16 bits per heavy atom. The van der Waals surface area contributed by atoms with Crippen LogP contribution >= 0.6 is 15.9 Å². The number of hydrogen-bond donors (Lipinski definition) is 1. The van der Waals surface area contributed by atoms with Gasteiger partial charge in [-0.2, -0.15) is 0 Å². The number of halogens is 1. The van der Waals surface area contributed by atoms with Crippen molar-refractivity contribution in [1.29, 1.82) is 0 Å². The van der Waals surface area contributed by atoms with Gasteiger partial charge in [0.05, 0.1) is 11.7 Å². The van der Waals surface area contributed by atoms with E-state index in [1.54, 1.807) is 0 Å². The van der Waals surface area contributed by atoms with Crippen molar-refractivity contribution in [2.75, 3.05) is 7.05 Å². The fourth-order valence-corrected chi connectivity index (χ4v) is 2.35. The summed E-state index contributed by atoms with van der Waals surface area (Å²) in [7, 11) is 1.98. The molecule has 0 saturated heterocycles. The van der Waals surface area contributed by atoms with Gasteiger partial charge in [0, 0.05) is 10.7 Å². The van der Waals surface area contributed by atoms with E-state index >= 15 is 0 Å². The number of hydrogen-bond acceptors (Lipinski definition) is 2. The summed E-state index contributed by atoms with van der Waals surface area (Å²) in [5, 5.41) is 3.34. The summed E-state index contributed by atoms with van der Waals surface area (Å²) in [5.74, 6) is 0. The van der Waals surface area contributed by atoms with Crippen LogP contribution < -0.4 is 5.32 Å². The van der Waals surface area contributed by atoms with E-state index < -0.39 is 0 Å². The minimum Gasteiger partial charge on any atom is -0.311 e. The maximum atomic E-state index is 4.48. The lowest BCUT2D eigenvalue weighted by atomic mass is 9.99. The molecule has 3 heteroatoms. The largest absolute Gasteiger partial charge is 0.311 e. The zero-order valence-corrected chi connectivity index (χ0v) is 13.2. The van der Waals surface area contributed by atoms with Gasteiger partial charge in [-0.05, 0) is 72.1 Å². The first-order valence-corrected chi connectivity index (χ1v) is 7.24. The van der Waals surface area contributed by atoms with Crippen LogP contribution in [0.3, 0.4) is 0 Å². The molecule has 0 saturated carbocycles. The number of likely N-dealkylation sites (N-methyl/N-ethyl adjacent to an activating group) is 1. The van der Waals surface area contributed by atoms with Crippen molar-refractivity contribution in [2.24, 2.45) is 0 Å². The standard InChI is InChI=1S/C16H19BrN2/c1-11-4-5-13(8-12(11)2)9-16(18-3)15-7-6-14(17)10-19-15/h4-8,10,16,18H,9H2,1-3H3. The van der Waals surface area contributed by atoms with Crippen LogP contribution in [0, 0.1) is 13.8 Å². The monoisotopic (exact) mass is 318 g/mol. The van der Waals surface area contributed by atoms with Crippen molar-refractivity contribution in [3.05, 3.63) is 63.4 Å². The van der Waals surface area contributed by atoms with Crippen molar-refractivity contribution in [2.45, 2.75) is 26.3 Å². The Kier molecular flexibility index (Phi) is 4.72. The molecule has 0 aliphatic rings. The number of nitrogens with zero attached hydrogens (tertiary/aromatic N) is 1. The van der Waals surface area contributed by atoms with Gasteiger partial charge in [-0.15, -0.1) is 0 Å². The Hall–Kier alpha value is -1.19. The molecule has 0 bridgehead atoms. The second kappa shape index (κ2) is 6.31. The zero-order chi connectivity index (χ0) is 13.8. The van der Waals surface area contributed by atoms with E-state index in [0.29, 0.717) is 0 Å². The second-order valence-corrected chi connectivity index (χ2v) is 5.78. The number of aryl methyl sites for hydroxylation is 2. The average molecular weight is 319 g/mol. The molecular weight excluding hydrogens is 300 g/mol. The summed E-state index contributed by atoms with van der Waals surface area (Å²) in [6.07, 6.45) is 2.80. The predicted molar refractivity (Wildman–Crippen MR) is 83.4 cm³/mol. The van der Waals surface area contributed by atoms with Crippen LogP contribution in [0.5, 0.6) is 0 Å². The van der Waals surface area contributed by atoms with E-state index in [-0.39, 0.29) is 6.04 Å². The van der Waals surface area contributed by atoms with E-state index in [9.17, 15) is 0 Å². The Bertz CT molecular complexity index is 549. The molecule has 1 N–H and O–H groups in total. The maximum Gasteiger partial charge on any atom is 0.0577 e. The third-order valence-electron chi connectivity index (χ3n) is 3.47. The first-order chi connectivity index (χ1) is 9.10. The van der Waals surface area contributed by atoms with Crippen molar-refractivity contribution >= 4 is 15.9 Å². The summed E-state index contributed by atoms with van der Waals surface area (Å²) in [6.45, 7) is 4.30. The molecule has 1 atom stereocenters. The molecule has 2 rings (SSSR count). The van der Waals surface area contributed by atoms with E-state index in [1.807, 2.05) is 19.3 Å². The van der Waals surface area contributed by atoms with Gasteiger partial charge in [-0.3, -0.25) is 4.98 Å². The molecule has 1 aromatic carbocycles. The van der Waals surface area contributed by atoms with Crippen LogP contribution in [-0.2, 0) is 6.42 Å². The molecular formula is C16H19BrN2. The third kappa shape index (κ3) is 3.64. The van der Waals surface area contributed by atoms with Crippen LogP contribution in [-0.4, -0.2) is 12.0 Å². The topological polar surface area (TPSA) is 24.9 Å². The quantitative estimate of drug-likeness (QED) is 0.922. The normalized spacial score (nSPS) is 12.4. The number of benzene rings is 1. The molecule has 2 aromatic rings. The van der Waals surface area contributed by atoms with Crippen LogP contribution in [0.25, 0.3) is 0 Å². The number of rotatable bonds is 4. The molecule has 0 amide bonds. The Morgan fingerprint density at radius 2 is 1.95 bits per heavy atom. The van der Waals surface area contributed by atoms with E-state index in [2.05, 4.69) is 64.3 Å². The van der Waals surface area contributed by atoms with Gasteiger partial charge in [-0.25, -0.2) is 0 Å². The van der Waals surface area contributed by atoms with E-state index in [4.69, 9.17) is 0 Å². The number of aromatic nitrogens is 1. The molecule has 0 aliphatic carbocycles. The summed E-state index contributed by atoms with van der Waals surface area (Å²) >= 11 is 3.42. The fourth-order valence-electron chi connectivity index (χ4n) is 2.11. The molecule has 100 valence electrons. The highest BCUT2D eigenvalue weighted by Gasteiger charge is 2.11. The van der Waals surface area contributed by atoms with Crippen molar-refractivity contribution in [3.8, 4) is 0 Å². The minimum atomic E-state index is 0.246. The Labute approximate surface area is 123 Å². The smallest absolute Gasteiger partial charge is 0.0577 e. The number of nitrogens with one attached hydrogen (secondary N) is 1. The van der Waals surface area contributed by atoms with Gasteiger partial charge < -0.3 is 5.32 Å².